The number of nitrogens with zero attached hydrogens (tertiary/aromatic N) is 4. The molecular formula is C5H7N7. The van der Waals surface area contributed by atoms with Gasteiger partial charge in [0.25, 0.3) is 5.91 Å². The van der Waals surface area contributed by atoms with E-state index in [2.05, 4.69) is 20.0 Å². The van der Waals surface area contributed by atoms with E-state index in [-0.39, 0.29) is 5.84 Å². The van der Waals surface area contributed by atoms with Crippen LogP contribution in [-0.2, 0) is 0 Å². The maximum atomic E-state index is 5.49. The van der Waals surface area contributed by atoms with E-state index in [1.54, 1.807) is 0 Å². The molecule has 0 saturated carbocycles. The number of amidine groups is 2. The molecule has 0 atom stereocenters. The third-order valence-corrected chi connectivity index (χ3v) is 1.41. The number of aliphatic imine (C=N–C) groups is 4. The minimum Gasteiger partial charge on any atom is -0.382 e. The molecule has 0 bridgehead atoms. The SMILES string of the molecule is NC1=NC(N)(N)N=C2N=CN=C12. The van der Waals surface area contributed by atoms with Crippen molar-refractivity contribution < 1.29 is 0 Å². The average Bonchev–Trinajstić information content (AvgIpc) is 2.31. The Kier molecular flexibility index (Phi) is 1.15. The van der Waals surface area contributed by atoms with Crippen LogP contribution in [0.2, 0.25) is 0 Å². The lowest BCUT2D eigenvalue weighted by Crippen LogP contribution is -2.52. The zero-order valence-corrected chi connectivity index (χ0v) is 6.10. The van der Waals surface area contributed by atoms with Crippen molar-refractivity contribution in [3.63, 3.8) is 0 Å². The highest BCUT2D eigenvalue weighted by Gasteiger charge is 2.29. The molecule has 7 nitrogen and oxygen atoms in total. The molecule has 0 spiro atoms. The first-order valence-electron chi connectivity index (χ1n) is 3.22. The minimum atomic E-state index is -1.50. The van der Waals surface area contributed by atoms with Crippen LogP contribution in [0.15, 0.2) is 20.0 Å². The molecule has 0 unspecified atom stereocenters. The normalized spacial score (nSPS) is 24.3. The third kappa shape index (κ3) is 0.917. The topological polar surface area (TPSA) is 127 Å². The Hall–Kier alpha value is -1.60. The van der Waals surface area contributed by atoms with Gasteiger partial charge in [0, 0.05) is 0 Å². The van der Waals surface area contributed by atoms with E-state index in [0.29, 0.717) is 11.5 Å². The summed E-state index contributed by atoms with van der Waals surface area (Å²) in [7, 11) is 0. The predicted molar refractivity (Wildman–Crippen MR) is 46.1 cm³/mol. The Labute approximate surface area is 67.8 Å². The molecule has 0 aromatic carbocycles. The van der Waals surface area contributed by atoms with Gasteiger partial charge >= 0.3 is 0 Å². The molecule has 0 saturated heterocycles. The molecule has 2 heterocycles. The van der Waals surface area contributed by atoms with Crippen LogP contribution in [0.25, 0.3) is 0 Å². The van der Waals surface area contributed by atoms with Gasteiger partial charge in [0.15, 0.2) is 17.4 Å². The summed E-state index contributed by atoms with van der Waals surface area (Å²) in [4.78, 5) is 15.1. The second kappa shape index (κ2) is 1.96. The fraction of sp³-hybridized carbons (Fsp3) is 0.200. The van der Waals surface area contributed by atoms with Crippen molar-refractivity contribution >= 4 is 23.7 Å². The second-order valence-electron chi connectivity index (χ2n) is 2.44. The van der Waals surface area contributed by atoms with Crippen LogP contribution in [0.5, 0.6) is 0 Å². The van der Waals surface area contributed by atoms with E-state index in [9.17, 15) is 0 Å². The highest BCUT2D eigenvalue weighted by molar-refractivity contribution is 6.70. The molecule has 6 N–H and O–H groups in total. The zero-order chi connectivity index (χ0) is 8.77. The largest absolute Gasteiger partial charge is 0.382 e. The maximum absolute atomic E-state index is 5.49. The van der Waals surface area contributed by atoms with Crippen molar-refractivity contribution in [2.24, 2.45) is 37.2 Å². The van der Waals surface area contributed by atoms with Crippen molar-refractivity contribution in [1.29, 1.82) is 0 Å². The number of hydrogen-bond acceptors (Lipinski definition) is 7. The lowest BCUT2D eigenvalue weighted by atomic mass is 10.3. The monoisotopic (exact) mass is 165 g/mol. The summed E-state index contributed by atoms with van der Waals surface area (Å²) in [5.74, 6) is -0.991. The third-order valence-electron chi connectivity index (χ3n) is 1.41. The van der Waals surface area contributed by atoms with Gasteiger partial charge in [-0.2, -0.15) is 0 Å². The van der Waals surface area contributed by atoms with E-state index < -0.39 is 5.91 Å². The summed E-state index contributed by atoms with van der Waals surface area (Å²) in [5, 5.41) is 0. The van der Waals surface area contributed by atoms with E-state index in [1.165, 1.54) is 6.34 Å². The summed E-state index contributed by atoms with van der Waals surface area (Å²) in [6.45, 7) is 0. The Morgan fingerprint density at radius 1 is 1.25 bits per heavy atom. The van der Waals surface area contributed by atoms with Crippen molar-refractivity contribution in [3.8, 4) is 0 Å². The molecule has 7 heteroatoms. The Morgan fingerprint density at radius 2 is 2.00 bits per heavy atom. The molecule has 0 radical (unpaired) electrons. The molecule has 0 aromatic rings. The first-order valence-corrected chi connectivity index (χ1v) is 3.22. The number of fused-ring (bicyclic) bond motifs is 1. The van der Waals surface area contributed by atoms with Crippen molar-refractivity contribution in [2.45, 2.75) is 5.91 Å². The van der Waals surface area contributed by atoms with Crippen LogP contribution in [0.3, 0.4) is 0 Å². The molecule has 0 aliphatic carbocycles. The van der Waals surface area contributed by atoms with Crippen LogP contribution < -0.4 is 17.2 Å². The quantitative estimate of drug-likeness (QED) is 0.351. The summed E-state index contributed by atoms with van der Waals surface area (Å²) < 4.78 is 0. The highest BCUT2D eigenvalue weighted by Crippen LogP contribution is 2.08. The van der Waals surface area contributed by atoms with E-state index in [0.717, 1.165) is 0 Å². The van der Waals surface area contributed by atoms with Crippen molar-refractivity contribution in [3.05, 3.63) is 0 Å². The fourth-order valence-electron chi connectivity index (χ4n) is 0.963. The highest BCUT2D eigenvalue weighted by atomic mass is 15.4. The Bertz CT molecular complexity index is 345. The lowest BCUT2D eigenvalue weighted by molar-refractivity contribution is 0.491. The number of nitrogens with two attached hydrogens (primary N) is 3. The molecule has 0 fully saturated rings. The lowest BCUT2D eigenvalue weighted by Gasteiger charge is -2.19. The Morgan fingerprint density at radius 3 is 2.75 bits per heavy atom. The van der Waals surface area contributed by atoms with E-state index in [1.807, 2.05) is 0 Å². The number of rotatable bonds is 0. The maximum Gasteiger partial charge on any atom is 0.263 e. The van der Waals surface area contributed by atoms with Gasteiger partial charge in [-0.15, -0.1) is 0 Å². The van der Waals surface area contributed by atoms with Crippen LogP contribution in [0, 0.1) is 0 Å². The van der Waals surface area contributed by atoms with Gasteiger partial charge < -0.3 is 5.73 Å². The van der Waals surface area contributed by atoms with Gasteiger partial charge in [-0.25, -0.2) is 20.0 Å². The smallest absolute Gasteiger partial charge is 0.263 e. The molecule has 0 aromatic heterocycles. The van der Waals surface area contributed by atoms with Gasteiger partial charge in [0.05, 0.1) is 0 Å². The summed E-state index contributed by atoms with van der Waals surface area (Å²) in [6.07, 6.45) is 1.33. The van der Waals surface area contributed by atoms with E-state index >= 15 is 0 Å². The zero-order valence-electron chi connectivity index (χ0n) is 6.10. The predicted octanol–water partition coefficient (Wildman–Crippen LogP) is -2.23. The van der Waals surface area contributed by atoms with Crippen LogP contribution in [0.1, 0.15) is 0 Å². The minimum absolute atomic E-state index is 0.169. The van der Waals surface area contributed by atoms with Gasteiger partial charge in [0.2, 0.25) is 0 Å². The van der Waals surface area contributed by atoms with E-state index in [4.69, 9.17) is 17.2 Å². The molecular weight excluding hydrogens is 158 g/mol. The Balaban J connectivity index is 2.51. The molecule has 12 heavy (non-hydrogen) atoms. The standard InChI is InChI=1S/C5H7N7/c6-3-2-4(10-1-9-2)12-5(7,8)11-3/h1H,7-8H2,(H2,6,11). The second-order valence-corrected chi connectivity index (χ2v) is 2.44. The molecule has 0 amide bonds. The average molecular weight is 165 g/mol. The molecule has 2 aliphatic rings. The van der Waals surface area contributed by atoms with Gasteiger partial charge in [0.1, 0.15) is 6.34 Å². The first kappa shape index (κ1) is 7.07. The van der Waals surface area contributed by atoms with Gasteiger partial charge in [-0.1, -0.05) is 0 Å². The summed E-state index contributed by atoms with van der Waals surface area (Å²) in [6, 6.07) is 0. The van der Waals surface area contributed by atoms with Gasteiger partial charge in [-0.3, -0.25) is 11.5 Å². The van der Waals surface area contributed by atoms with Crippen LogP contribution in [0.4, 0.5) is 0 Å². The van der Waals surface area contributed by atoms with Crippen molar-refractivity contribution in [2.75, 3.05) is 0 Å². The molecule has 62 valence electrons. The first-order chi connectivity index (χ1) is 5.58. The molecule has 2 aliphatic heterocycles. The number of hydrogen-bond donors (Lipinski definition) is 3. The summed E-state index contributed by atoms with van der Waals surface area (Å²) >= 11 is 0. The molecule has 2 rings (SSSR count). The van der Waals surface area contributed by atoms with Crippen LogP contribution >= 0.6 is 0 Å². The fourth-order valence-corrected chi connectivity index (χ4v) is 0.963. The van der Waals surface area contributed by atoms with Crippen molar-refractivity contribution in [1.82, 2.24) is 0 Å². The summed E-state index contributed by atoms with van der Waals surface area (Å²) in [5.41, 5.74) is 16.8. The van der Waals surface area contributed by atoms with Crippen LogP contribution in [-0.4, -0.2) is 29.6 Å². The van der Waals surface area contributed by atoms with Gasteiger partial charge in [-0.05, 0) is 0 Å².